The van der Waals surface area contributed by atoms with Crippen LogP contribution in [-0.2, 0) is 10.0 Å². The van der Waals surface area contributed by atoms with E-state index in [0.717, 1.165) is 12.1 Å². The lowest BCUT2D eigenvalue weighted by Crippen LogP contribution is -2.27. The van der Waals surface area contributed by atoms with Gasteiger partial charge in [-0.2, -0.15) is 0 Å². The van der Waals surface area contributed by atoms with E-state index in [1.165, 1.54) is 30.3 Å². The topological polar surface area (TPSA) is 84.5 Å². The third-order valence-electron chi connectivity index (χ3n) is 3.52. The van der Waals surface area contributed by atoms with Crippen molar-refractivity contribution in [1.82, 2.24) is 4.72 Å². The zero-order valence-electron chi connectivity index (χ0n) is 15.4. The van der Waals surface area contributed by atoms with Crippen molar-refractivity contribution in [2.75, 3.05) is 11.9 Å². The lowest BCUT2D eigenvalue weighted by atomic mass is 10.2. The van der Waals surface area contributed by atoms with E-state index in [-0.39, 0.29) is 28.6 Å². The second-order valence-corrected chi connectivity index (χ2v) is 9.03. The van der Waals surface area contributed by atoms with Crippen LogP contribution in [0.5, 0.6) is 5.75 Å². The first-order chi connectivity index (χ1) is 13.4. The van der Waals surface area contributed by atoms with Gasteiger partial charge in [0.2, 0.25) is 10.0 Å². The summed E-state index contributed by atoms with van der Waals surface area (Å²) in [6.07, 6.45) is -4.81. The molecule has 0 atom stereocenters. The number of carbonyl (C=O) groups excluding carboxylic acids is 1. The molecular formula is C18H18BrF3N2O4S. The molecule has 0 aromatic heterocycles. The summed E-state index contributed by atoms with van der Waals surface area (Å²) in [6, 6.07) is 8.56. The monoisotopic (exact) mass is 494 g/mol. The van der Waals surface area contributed by atoms with E-state index in [1.807, 2.05) is 13.8 Å². The predicted molar refractivity (Wildman–Crippen MR) is 105 cm³/mol. The molecule has 0 radical (unpaired) electrons. The Hall–Kier alpha value is -2.11. The summed E-state index contributed by atoms with van der Waals surface area (Å²) < 4.78 is 67.9. The summed E-state index contributed by atoms with van der Waals surface area (Å²) in [5, 5.41) is 2.50. The number of rotatable bonds is 7. The van der Waals surface area contributed by atoms with Gasteiger partial charge in [-0.3, -0.25) is 4.79 Å². The number of benzene rings is 2. The molecule has 158 valence electrons. The van der Waals surface area contributed by atoms with Gasteiger partial charge < -0.3 is 10.1 Å². The molecule has 1 amide bonds. The van der Waals surface area contributed by atoms with Gasteiger partial charge in [0.05, 0.1) is 10.5 Å². The first-order valence-corrected chi connectivity index (χ1v) is 10.6. The molecule has 0 bridgehead atoms. The summed E-state index contributed by atoms with van der Waals surface area (Å²) >= 11 is 3.20. The Bertz CT molecular complexity index is 978. The van der Waals surface area contributed by atoms with Crippen LogP contribution in [0.4, 0.5) is 18.9 Å². The molecule has 11 heteroatoms. The maximum absolute atomic E-state index is 12.5. The smallest absolute Gasteiger partial charge is 0.406 e. The molecule has 0 saturated heterocycles. The second-order valence-electron chi connectivity index (χ2n) is 6.41. The Morgan fingerprint density at radius 3 is 2.31 bits per heavy atom. The van der Waals surface area contributed by atoms with Crippen LogP contribution in [-0.4, -0.2) is 27.2 Å². The lowest BCUT2D eigenvalue weighted by molar-refractivity contribution is -0.274. The molecule has 0 aliphatic rings. The Labute approximate surface area is 174 Å². The molecular weight excluding hydrogens is 477 g/mol. The molecule has 29 heavy (non-hydrogen) atoms. The Balaban J connectivity index is 2.18. The third kappa shape index (κ3) is 7.02. The normalized spacial score (nSPS) is 12.1. The standard InChI is InChI=1S/C18H18BrF3N2O4S/c1-11(2)10-23-29(26,27)14-7-8-16(19)15(9-14)17(25)24-12-3-5-13(6-4-12)28-18(20,21)22/h3-9,11,23H,10H2,1-2H3,(H,24,25). The average molecular weight is 495 g/mol. The van der Waals surface area contributed by atoms with Gasteiger partial charge in [0, 0.05) is 16.7 Å². The van der Waals surface area contributed by atoms with Crippen molar-refractivity contribution >= 4 is 37.5 Å². The van der Waals surface area contributed by atoms with Crippen LogP contribution in [0.1, 0.15) is 24.2 Å². The van der Waals surface area contributed by atoms with Gasteiger partial charge >= 0.3 is 6.36 Å². The van der Waals surface area contributed by atoms with Gasteiger partial charge in [0.1, 0.15) is 5.75 Å². The first kappa shape index (κ1) is 23.2. The van der Waals surface area contributed by atoms with E-state index in [0.29, 0.717) is 4.47 Å². The van der Waals surface area contributed by atoms with Crippen molar-refractivity contribution in [1.29, 1.82) is 0 Å². The average Bonchev–Trinajstić information content (AvgIpc) is 2.60. The highest BCUT2D eigenvalue weighted by atomic mass is 79.9. The molecule has 2 rings (SSSR count). The highest BCUT2D eigenvalue weighted by Gasteiger charge is 2.31. The van der Waals surface area contributed by atoms with Crippen LogP contribution in [0, 0.1) is 5.92 Å². The van der Waals surface area contributed by atoms with Crippen molar-refractivity contribution in [3.8, 4) is 5.75 Å². The number of alkyl halides is 3. The van der Waals surface area contributed by atoms with Crippen LogP contribution in [0.25, 0.3) is 0 Å². The molecule has 0 heterocycles. The van der Waals surface area contributed by atoms with Gasteiger partial charge in [0.15, 0.2) is 0 Å². The van der Waals surface area contributed by atoms with Crippen molar-refractivity contribution in [2.24, 2.45) is 5.92 Å². The number of ether oxygens (including phenoxy) is 1. The zero-order chi connectivity index (χ0) is 21.8. The maximum atomic E-state index is 12.5. The summed E-state index contributed by atoms with van der Waals surface area (Å²) in [5.74, 6) is -0.962. The summed E-state index contributed by atoms with van der Waals surface area (Å²) in [6.45, 7) is 3.95. The fraction of sp³-hybridized carbons (Fsp3) is 0.278. The summed E-state index contributed by atoms with van der Waals surface area (Å²) in [7, 11) is -3.80. The molecule has 2 aromatic carbocycles. The van der Waals surface area contributed by atoms with Crippen LogP contribution < -0.4 is 14.8 Å². The molecule has 0 aliphatic carbocycles. The maximum Gasteiger partial charge on any atom is 0.573 e. The molecule has 6 nitrogen and oxygen atoms in total. The predicted octanol–water partition coefficient (Wildman–Crippen LogP) is 4.53. The minimum Gasteiger partial charge on any atom is -0.406 e. The SMILES string of the molecule is CC(C)CNS(=O)(=O)c1ccc(Br)c(C(=O)Nc2ccc(OC(F)(F)F)cc2)c1. The van der Waals surface area contributed by atoms with Gasteiger partial charge in [-0.25, -0.2) is 13.1 Å². The van der Waals surface area contributed by atoms with E-state index < -0.39 is 28.0 Å². The minimum atomic E-state index is -4.81. The third-order valence-corrected chi connectivity index (χ3v) is 5.63. The van der Waals surface area contributed by atoms with Gasteiger partial charge in [-0.1, -0.05) is 13.8 Å². The number of halogens is 4. The second kappa shape index (κ2) is 9.14. The highest BCUT2D eigenvalue weighted by Crippen LogP contribution is 2.25. The van der Waals surface area contributed by atoms with Crippen LogP contribution in [0.2, 0.25) is 0 Å². The van der Waals surface area contributed by atoms with Crippen LogP contribution in [0.3, 0.4) is 0 Å². The fourth-order valence-corrected chi connectivity index (χ4v) is 3.81. The molecule has 2 N–H and O–H groups in total. The molecule has 0 spiro atoms. The fourth-order valence-electron chi connectivity index (χ4n) is 2.14. The molecule has 0 saturated carbocycles. The Morgan fingerprint density at radius 1 is 1.14 bits per heavy atom. The summed E-state index contributed by atoms with van der Waals surface area (Å²) in [4.78, 5) is 12.4. The number of hydrogen-bond donors (Lipinski definition) is 2. The van der Waals surface area contributed by atoms with E-state index in [4.69, 9.17) is 0 Å². The number of hydrogen-bond acceptors (Lipinski definition) is 4. The Kier molecular flexibility index (Phi) is 7.30. The highest BCUT2D eigenvalue weighted by molar-refractivity contribution is 9.10. The van der Waals surface area contributed by atoms with Crippen molar-refractivity contribution in [2.45, 2.75) is 25.1 Å². The van der Waals surface area contributed by atoms with E-state index in [9.17, 15) is 26.4 Å². The molecule has 2 aromatic rings. The van der Waals surface area contributed by atoms with Crippen molar-refractivity contribution < 1.29 is 31.1 Å². The molecule has 0 aliphatic heterocycles. The minimum absolute atomic E-state index is 0.0491. The van der Waals surface area contributed by atoms with Crippen molar-refractivity contribution in [3.05, 3.63) is 52.5 Å². The zero-order valence-corrected chi connectivity index (χ0v) is 17.8. The summed E-state index contributed by atoms with van der Waals surface area (Å²) in [5.41, 5.74) is 0.260. The lowest BCUT2D eigenvalue weighted by Gasteiger charge is -2.12. The quantitative estimate of drug-likeness (QED) is 0.591. The van der Waals surface area contributed by atoms with E-state index >= 15 is 0 Å². The van der Waals surface area contributed by atoms with Crippen LogP contribution >= 0.6 is 15.9 Å². The number of anilines is 1. The number of amides is 1. The van der Waals surface area contributed by atoms with Gasteiger partial charge in [-0.05, 0) is 64.3 Å². The Morgan fingerprint density at radius 2 is 1.76 bits per heavy atom. The number of sulfonamides is 1. The van der Waals surface area contributed by atoms with E-state index in [2.05, 4.69) is 30.7 Å². The molecule has 0 unspecified atom stereocenters. The number of nitrogens with one attached hydrogen (secondary N) is 2. The largest absolute Gasteiger partial charge is 0.573 e. The molecule has 0 fully saturated rings. The van der Waals surface area contributed by atoms with E-state index in [1.54, 1.807) is 0 Å². The first-order valence-electron chi connectivity index (χ1n) is 8.34. The van der Waals surface area contributed by atoms with Gasteiger partial charge in [0.25, 0.3) is 5.91 Å². The van der Waals surface area contributed by atoms with Crippen molar-refractivity contribution in [3.63, 3.8) is 0 Å². The van der Waals surface area contributed by atoms with Gasteiger partial charge in [-0.15, -0.1) is 13.2 Å². The number of carbonyl (C=O) groups is 1. The van der Waals surface area contributed by atoms with Crippen LogP contribution in [0.15, 0.2) is 51.8 Å².